The predicted molar refractivity (Wildman–Crippen MR) is 105 cm³/mol. The first-order chi connectivity index (χ1) is 13.5. The first-order valence-corrected chi connectivity index (χ1v) is 9.06. The third-order valence-corrected chi connectivity index (χ3v) is 4.65. The smallest absolute Gasteiger partial charge is 0.368 e. The summed E-state index contributed by atoms with van der Waals surface area (Å²) in [5.41, 5.74) is -0.465. The molecule has 0 saturated carbocycles. The number of hydrogen-bond donors (Lipinski definition) is 2. The highest BCUT2D eigenvalue weighted by Gasteiger charge is 2.33. The van der Waals surface area contributed by atoms with Crippen LogP contribution >= 0.6 is 0 Å². The lowest BCUT2D eigenvalue weighted by Crippen LogP contribution is -2.32. The Bertz CT molecular complexity index is 900. The highest BCUT2D eigenvalue weighted by molar-refractivity contribution is 5.97. The number of carbonyl (C=O) groups excluding carboxylic acids is 1. The number of nitrogens with zero attached hydrogens (tertiary/aromatic N) is 1. The maximum atomic E-state index is 12.8. The quantitative estimate of drug-likeness (QED) is 0.463. The van der Waals surface area contributed by atoms with Crippen LogP contribution in [0.25, 0.3) is 0 Å². The maximum absolute atomic E-state index is 12.8. The summed E-state index contributed by atoms with van der Waals surface area (Å²) in [6.45, 7) is 5.53. The van der Waals surface area contributed by atoms with E-state index in [-0.39, 0.29) is 11.6 Å². The van der Waals surface area contributed by atoms with Crippen LogP contribution < -0.4 is 10.6 Å². The molecule has 29 heavy (non-hydrogen) atoms. The fraction of sp³-hybridized carbons (Fsp3) is 0.350. The van der Waals surface area contributed by atoms with Crippen molar-refractivity contribution in [1.82, 2.24) is 0 Å². The van der Waals surface area contributed by atoms with Gasteiger partial charge in [-0.2, -0.15) is 13.2 Å². The number of benzene rings is 2. The maximum Gasteiger partial charge on any atom is 0.416 e. The summed E-state index contributed by atoms with van der Waals surface area (Å²) >= 11 is 0. The van der Waals surface area contributed by atoms with Crippen LogP contribution in [-0.4, -0.2) is 16.9 Å². The Labute approximate surface area is 166 Å². The fourth-order valence-electron chi connectivity index (χ4n) is 2.78. The number of nitro benzene ring substituents is 1. The second kappa shape index (κ2) is 8.93. The molecular formula is C20H22F3N3O3. The Morgan fingerprint density at radius 2 is 1.79 bits per heavy atom. The van der Waals surface area contributed by atoms with Gasteiger partial charge in [0.1, 0.15) is 11.7 Å². The van der Waals surface area contributed by atoms with Gasteiger partial charge in [0, 0.05) is 11.8 Å². The standard InChI is InChI=1S/C20H22F3N3O3/c1-4-12(2)15-7-5-6-8-16(15)25-19(27)13(3)24-17-10-9-14(20(21,22)23)11-18(17)26(28)29/h5-13,24H,4H2,1-3H3,(H,25,27)/t12-,13+/m1/s1. The molecule has 2 atom stereocenters. The molecular weight excluding hydrogens is 387 g/mol. The molecule has 2 rings (SSSR count). The molecule has 0 unspecified atom stereocenters. The molecule has 0 aliphatic carbocycles. The van der Waals surface area contributed by atoms with Crippen molar-refractivity contribution in [3.8, 4) is 0 Å². The number of alkyl halides is 3. The third-order valence-electron chi connectivity index (χ3n) is 4.65. The van der Waals surface area contributed by atoms with Crippen molar-refractivity contribution in [2.24, 2.45) is 0 Å². The monoisotopic (exact) mass is 409 g/mol. The molecule has 0 aromatic heterocycles. The van der Waals surface area contributed by atoms with E-state index in [2.05, 4.69) is 10.6 Å². The first-order valence-electron chi connectivity index (χ1n) is 9.06. The molecule has 0 fully saturated rings. The van der Waals surface area contributed by atoms with Gasteiger partial charge in [-0.1, -0.05) is 32.0 Å². The molecule has 9 heteroatoms. The van der Waals surface area contributed by atoms with Crippen LogP contribution in [0.1, 0.15) is 44.2 Å². The van der Waals surface area contributed by atoms with Crippen molar-refractivity contribution in [3.05, 3.63) is 63.7 Å². The lowest BCUT2D eigenvalue weighted by Gasteiger charge is -2.19. The van der Waals surface area contributed by atoms with Crippen LogP contribution in [0.3, 0.4) is 0 Å². The molecule has 0 aliphatic heterocycles. The average molecular weight is 409 g/mol. The van der Waals surface area contributed by atoms with Crippen molar-refractivity contribution in [2.45, 2.75) is 45.3 Å². The minimum Gasteiger partial charge on any atom is -0.368 e. The van der Waals surface area contributed by atoms with Gasteiger partial charge in [-0.25, -0.2) is 0 Å². The van der Waals surface area contributed by atoms with Gasteiger partial charge in [0.05, 0.1) is 10.5 Å². The summed E-state index contributed by atoms with van der Waals surface area (Å²) < 4.78 is 38.5. The van der Waals surface area contributed by atoms with E-state index >= 15 is 0 Å². The van der Waals surface area contributed by atoms with Gasteiger partial charge in [0.15, 0.2) is 0 Å². The SMILES string of the molecule is CC[C@@H](C)c1ccccc1NC(=O)[C@H](C)Nc1ccc(C(F)(F)F)cc1[N+](=O)[O-]. The van der Waals surface area contributed by atoms with Gasteiger partial charge in [-0.15, -0.1) is 0 Å². The highest BCUT2D eigenvalue weighted by Crippen LogP contribution is 2.35. The number of para-hydroxylation sites is 1. The number of amides is 1. The molecule has 0 spiro atoms. The largest absolute Gasteiger partial charge is 0.416 e. The van der Waals surface area contributed by atoms with Crippen molar-refractivity contribution < 1.29 is 22.9 Å². The van der Waals surface area contributed by atoms with Crippen LogP contribution in [0.15, 0.2) is 42.5 Å². The van der Waals surface area contributed by atoms with Crippen molar-refractivity contribution in [3.63, 3.8) is 0 Å². The van der Waals surface area contributed by atoms with E-state index in [1.807, 2.05) is 26.0 Å². The molecule has 0 heterocycles. The fourth-order valence-corrected chi connectivity index (χ4v) is 2.78. The molecule has 0 aliphatic rings. The zero-order valence-electron chi connectivity index (χ0n) is 16.2. The Balaban J connectivity index is 2.21. The number of nitrogens with one attached hydrogen (secondary N) is 2. The Kier molecular flexibility index (Phi) is 6.84. The normalized spacial score (nSPS) is 13.4. The molecule has 2 aromatic rings. The number of nitro groups is 1. The van der Waals surface area contributed by atoms with Gasteiger partial charge in [0.25, 0.3) is 5.69 Å². The van der Waals surface area contributed by atoms with E-state index in [4.69, 9.17) is 0 Å². The molecule has 1 amide bonds. The summed E-state index contributed by atoms with van der Waals surface area (Å²) in [4.78, 5) is 22.8. The Morgan fingerprint density at radius 3 is 2.38 bits per heavy atom. The van der Waals surface area contributed by atoms with E-state index in [0.717, 1.165) is 24.1 Å². The summed E-state index contributed by atoms with van der Waals surface area (Å²) in [5.74, 6) is -0.249. The number of carbonyl (C=O) groups is 1. The van der Waals surface area contributed by atoms with Crippen LogP contribution in [0.2, 0.25) is 0 Å². The zero-order valence-corrected chi connectivity index (χ0v) is 16.2. The van der Waals surface area contributed by atoms with E-state index < -0.39 is 34.3 Å². The molecule has 0 bridgehead atoms. The summed E-state index contributed by atoms with van der Waals surface area (Å²) in [6.07, 6.45) is -3.83. The van der Waals surface area contributed by atoms with Crippen LogP contribution in [-0.2, 0) is 11.0 Å². The van der Waals surface area contributed by atoms with E-state index in [1.165, 1.54) is 6.92 Å². The van der Waals surface area contributed by atoms with Gasteiger partial charge >= 0.3 is 6.18 Å². The Morgan fingerprint density at radius 1 is 1.14 bits per heavy atom. The van der Waals surface area contributed by atoms with E-state index in [0.29, 0.717) is 11.8 Å². The number of anilines is 2. The van der Waals surface area contributed by atoms with Gasteiger partial charge < -0.3 is 10.6 Å². The molecule has 156 valence electrons. The summed E-state index contributed by atoms with van der Waals surface area (Å²) in [6, 6.07) is 8.52. The molecule has 0 saturated heterocycles. The third kappa shape index (κ3) is 5.46. The van der Waals surface area contributed by atoms with Crippen molar-refractivity contribution in [2.75, 3.05) is 10.6 Å². The highest BCUT2D eigenvalue weighted by atomic mass is 19.4. The lowest BCUT2D eigenvalue weighted by molar-refractivity contribution is -0.384. The van der Waals surface area contributed by atoms with Gasteiger partial charge in [0.2, 0.25) is 5.91 Å². The summed E-state index contributed by atoms with van der Waals surface area (Å²) in [7, 11) is 0. The first kappa shape index (κ1) is 22.2. The van der Waals surface area contributed by atoms with E-state index in [9.17, 15) is 28.1 Å². The lowest BCUT2D eigenvalue weighted by atomic mass is 9.97. The van der Waals surface area contributed by atoms with Crippen LogP contribution in [0, 0.1) is 10.1 Å². The van der Waals surface area contributed by atoms with E-state index in [1.54, 1.807) is 12.1 Å². The molecule has 6 nitrogen and oxygen atoms in total. The second-order valence-electron chi connectivity index (χ2n) is 6.74. The van der Waals surface area contributed by atoms with Crippen LogP contribution in [0.5, 0.6) is 0 Å². The zero-order chi connectivity index (χ0) is 21.8. The van der Waals surface area contributed by atoms with Gasteiger partial charge in [-0.05, 0) is 43.0 Å². The molecule has 0 radical (unpaired) electrons. The number of hydrogen-bond acceptors (Lipinski definition) is 4. The minimum atomic E-state index is -4.70. The van der Waals surface area contributed by atoms with Crippen LogP contribution in [0.4, 0.5) is 30.2 Å². The topological polar surface area (TPSA) is 84.3 Å². The average Bonchev–Trinajstić information content (AvgIpc) is 2.66. The Hall–Kier alpha value is -3.10. The molecule has 2 N–H and O–H groups in total. The number of halogens is 3. The second-order valence-corrected chi connectivity index (χ2v) is 6.74. The number of rotatable bonds is 7. The minimum absolute atomic E-state index is 0.166. The van der Waals surface area contributed by atoms with Crippen molar-refractivity contribution >= 4 is 23.0 Å². The molecule has 2 aromatic carbocycles. The predicted octanol–water partition coefficient (Wildman–Crippen LogP) is 5.57. The van der Waals surface area contributed by atoms with Gasteiger partial charge in [-0.3, -0.25) is 14.9 Å². The summed E-state index contributed by atoms with van der Waals surface area (Å²) in [5, 5.41) is 16.6. The van der Waals surface area contributed by atoms with Crippen molar-refractivity contribution in [1.29, 1.82) is 0 Å².